The molecule has 1 heterocycles. The van der Waals surface area contributed by atoms with Crippen LogP contribution in [0.3, 0.4) is 0 Å². The molecule has 0 bridgehead atoms. The number of nitrogens with zero attached hydrogens (tertiary/aromatic N) is 2. The summed E-state index contributed by atoms with van der Waals surface area (Å²) in [5, 5.41) is 4.25. The number of halogens is 2. The van der Waals surface area contributed by atoms with E-state index in [-0.39, 0.29) is 0 Å². The molecule has 6 heteroatoms. The minimum atomic E-state index is 0.307. The van der Waals surface area contributed by atoms with Gasteiger partial charge in [-0.1, -0.05) is 35.3 Å². The van der Waals surface area contributed by atoms with Gasteiger partial charge >= 0.3 is 0 Å². The Kier molecular flexibility index (Phi) is 3.57. The first-order chi connectivity index (χ1) is 10.0. The molecule has 4 nitrogen and oxygen atoms in total. The molecule has 0 aliphatic rings. The van der Waals surface area contributed by atoms with Crippen LogP contribution in [0.4, 0.5) is 17.3 Å². The summed E-state index contributed by atoms with van der Waals surface area (Å²) in [5.74, 6) is 0.761. The van der Waals surface area contributed by atoms with Gasteiger partial charge in [0.1, 0.15) is 0 Å². The van der Waals surface area contributed by atoms with E-state index in [1.165, 1.54) is 0 Å². The summed E-state index contributed by atoms with van der Waals surface area (Å²) in [6.07, 6.45) is 0. The van der Waals surface area contributed by atoms with E-state index in [2.05, 4.69) is 15.3 Å². The van der Waals surface area contributed by atoms with E-state index < -0.39 is 0 Å². The second-order valence-corrected chi connectivity index (χ2v) is 5.47. The second-order valence-electron chi connectivity index (χ2n) is 4.65. The van der Waals surface area contributed by atoms with E-state index in [1.54, 1.807) is 12.1 Å². The van der Waals surface area contributed by atoms with E-state index in [1.807, 2.05) is 31.2 Å². The Morgan fingerprint density at radius 3 is 2.38 bits per heavy atom. The maximum atomic E-state index is 6.21. The lowest BCUT2D eigenvalue weighted by atomic mass is 10.2. The molecule has 3 N–H and O–H groups in total. The Morgan fingerprint density at radius 1 is 1.00 bits per heavy atom. The lowest BCUT2D eigenvalue weighted by molar-refractivity contribution is 1.29. The first-order valence-electron chi connectivity index (χ1n) is 6.29. The van der Waals surface area contributed by atoms with Gasteiger partial charge < -0.3 is 11.1 Å². The number of para-hydroxylation sites is 2. The highest BCUT2D eigenvalue weighted by molar-refractivity contribution is 6.35. The smallest absolute Gasteiger partial charge is 0.174 e. The van der Waals surface area contributed by atoms with Crippen LogP contribution in [0.5, 0.6) is 0 Å². The number of nitrogen functional groups attached to an aromatic ring is 1. The number of nitrogens with one attached hydrogen (secondary N) is 1. The molecule has 0 saturated heterocycles. The van der Waals surface area contributed by atoms with Gasteiger partial charge in [0.05, 0.1) is 21.7 Å². The molecule has 0 amide bonds. The molecule has 3 rings (SSSR count). The molecule has 0 saturated carbocycles. The number of aryl methyl sites for hydroxylation is 1. The predicted octanol–water partition coefficient (Wildman–Crippen LogP) is 4.57. The molecule has 0 radical (unpaired) electrons. The SMILES string of the molecule is Cc1cc(Cl)c(Nc2nc3ccccc3nc2N)cc1Cl. The minimum absolute atomic E-state index is 0.307. The Balaban J connectivity index is 2.05. The van der Waals surface area contributed by atoms with Crippen molar-refractivity contribution in [1.29, 1.82) is 0 Å². The largest absolute Gasteiger partial charge is 0.381 e. The van der Waals surface area contributed by atoms with Crippen LogP contribution in [0.2, 0.25) is 10.0 Å². The van der Waals surface area contributed by atoms with Crippen LogP contribution in [-0.2, 0) is 0 Å². The van der Waals surface area contributed by atoms with Crippen molar-refractivity contribution in [2.45, 2.75) is 6.92 Å². The molecular formula is C15H12Cl2N4. The fourth-order valence-electron chi connectivity index (χ4n) is 1.98. The van der Waals surface area contributed by atoms with Crippen LogP contribution < -0.4 is 11.1 Å². The van der Waals surface area contributed by atoms with Gasteiger partial charge in [0.2, 0.25) is 0 Å². The standard InChI is InChI=1S/C15H12Cl2N4/c1-8-6-10(17)13(7-9(8)16)21-15-14(18)19-11-4-2-3-5-12(11)20-15/h2-7H,1H3,(H2,18,19)(H,20,21). The van der Waals surface area contributed by atoms with Gasteiger partial charge in [-0.15, -0.1) is 0 Å². The van der Waals surface area contributed by atoms with Crippen LogP contribution >= 0.6 is 23.2 Å². The summed E-state index contributed by atoms with van der Waals surface area (Å²) in [4.78, 5) is 8.78. The maximum Gasteiger partial charge on any atom is 0.174 e. The molecule has 0 aliphatic carbocycles. The summed E-state index contributed by atoms with van der Waals surface area (Å²) in [6.45, 7) is 1.89. The van der Waals surface area contributed by atoms with Crippen molar-refractivity contribution in [1.82, 2.24) is 9.97 Å². The van der Waals surface area contributed by atoms with Crippen LogP contribution in [0.15, 0.2) is 36.4 Å². The Morgan fingerprint density at radius 2 is 1.67 bits per heavy atom. The Bertz CT molecular complexity index is 833. The zero-order chi connectivity index (χ0) is 15.0. The van der Waals surface area contributed by atoms with E-state index in [0.29, 0.717) is 27.4 Å². The molecule has 0 spiro atoms. The normalized spacial score (nSPS) is 10.8. The number of aromatic nitrogens is 2. The monoisotopic (exact) mass is 318 g/mol. The zero-order valence-electron chi connectivity index (χ0n) is 11.2. The molecule has 0 fully saturated rings. The molecule has 0 aliphatic heterocycles. The summed E-state index contributed by atoms with van der Waals surface area (Å²) in [6, 6.07) is 11.0. The van der Waals surface area contributed by atoms with Crippen LogP contribution in [0.25, 0.3) is 11.0 Å². The molecule has 1 aromatic heterocycles. The number of rotatable bonds is 2. The third-order valence-corrected chi connectivity index (χ3v) is 3.82. The first kappa shape index (κ1) is 13.9. The number of anilines is 3. The van der Waals surface area contributed by atoms with Gasteiger partial charge in [0, 0.05) is 5.02 Å². The second kappa shape index (κ2) is 5.39. The Labute approximate surface area is 131 Å². The summed E-state index contributed by atoms with van der Waals surface area (Å²) in [5.41, 5.74) is 8.99. The lowest BCUT2D eigenvalue weighted by Gasteiger charge is -2.11. The van der Waals surface area contributed by atoms with Gasteiger partial charge in [-0.05, 0) is 36.8 Å². The lowest BCUT2D eigenvalue weighted by Crippen LogP contribution is -2.03. The highest BCUT2D eigenvalue weighted by Gasteiger charge is 2.10. The first-order valence-corrected chi connectivity index (χ1v) is 7.05. The topological polar surface area (TPSA) is 63.8 Å². The van der Waals surface area contributed by atoms with Gasteiger partial charge in [0.15, 0.2) is 11.6 Å². The minimum Gasteiger partial charge on any atom is -0.381 e. The van der Waals surface area contributed by atoms with Crippen LogP contribution in [-0.4, -0.2) is 9.97 Å². The van der Waals surface area contributed by atoms with Crippen LogP contribution in [0, 0.1) is 6.92 Å². The van der Waals surface area contributed by atoms with Gasteiger partial charge in [-0.25, -0.2) is 9.97 Å². The highest BCUT2D eigenvalue weighted by atomic mass is 35.5. The fourth-order valence-corrected chi connectivity index (χ4v) is 2.40. The molecule has 0 unspecified atom stereocenters. The third-order valence-electron chi connectivity index (χ3n) is 3.10. The van der Waals surface area contributed by atoms with Crippen molar-refractivity contribution in [2.24, 2.45) is 0 Å². The van der Waals surface area contributed by atoms with Crippen LogP contribution in [0.1, 0.15) is 5.56 Å². The van der Waals surface area contributed by atoms with E-state index >= 15 is 0 Å². The van der Waals surface area contributed by atoms with Crippen molar-refractivity contribution < 1.29 is 0 Å². The molecular weight excluding hydrogens is 307 g/mol. The molecule has 106 valence electrons. The van der Waals surface area contributed by atoms with E-state index in [9.17, 15) is 0 Å². The van der Waals surface area contributed by atoms with Crippen molar-refractivity contribution in [3.63, 3.8) is 0 Å². The molecule has 0 atom stereocenters. The number of hydrogen-bond acceptors (Lipinski definition) is 4. The molecule has 3 aromatic rings. The van der Waals surface area contributed by atoms with Gasteiger partial charge in [-0.3, -0.25) is 0 Å². The third kappa shape index (κ3) is 2.73. The Hall–Kier alpha value is -2.04. The number of benzene rings is 2. The summed E-state index contributed by atoms with van der Waals surface area (Å²) in [7, 11) is 0. The van der Waals surface area contributed by atoms with Crippen molar-refractivity contribution >= 4 is 51.6 Å². The van der Waals surface area contributed by atoms with Crippen molar-refractivity contribution in [3.05, 3.63) is 52.0 Å². The van der Waals surface area contributed by atoms with E-state index in [0.717, 1.165) is 16.6 Å². The average Bonchev–Trinajstić information content (AvgIpc) is 2.45. The number of nitrogens with two attached hydrogens (primary N) is 1. The van der Waals surface area contributed by atoms with Gasteiger partial charge in [-0.2, -0.15) is 0 Å². The highest BCUT2D eigenvalue weighted by Crippen LogP contribution is 2.32. The molecule has 21 heavy (non-hydrogen) atoms. The fraction of sp³-hybridized carbons (Fsp3) is 0.0667. The summed E-state index contributed by atoms with van der Waals surface area (Å²) < 4.78 is 0. The van der Waals surface area contributed by atoms with E-state index in [4.69, 9.17) is 28.9 Å². The number of fused-ring (bicyclic) bond motifs is 1. The van der Waals surface area contributed by atoms with Crippen molar-refractivity contribution in [3.8, 4) is 0 Å². The summed E-state index contributed by atoms with van der Waals surface area (Å²) >= 11 is 12.3. The van der Waals surface area contributed by atoms with Gasteiger partial charge in [0.25, 0.3) is 0 Å². The average molecular weight is 319 g/mol. The maximum absolute atomic E-state index is 6.21. The number of hydrogen-bond donors (Lipinski definition) is 2. The predicted molar refractivity (Wildman–Crippen MR) is 88.4 cm³/mol. The molecule has 2 aromatic carbocycles. The van der Waals surface area contributed by atoms with Crippen molar-refractivity contribution in [2.75, 3.05) is 11.1 Å². The zero-order valence-corrected chi connectivity index (χ0v) is 12.7. The quantitative estimate of drug-likeness (QED) is 0.726.